The Morgan fingerprint density at radius 2 is 1.17 bits per heavy atom. The molecule has 0 aromatic carbocycles. The number of hydrogen-bond acceptors (Lipinski definition) is 1. The third kappa shape index (κ3) is 57.5. The summed E-state index contributed by atoms with van der Waals surface area (Å²) in [5, 5.41) is 0. The maximum absolute atomic E-state index is 8.60. The molecule has 0 aliphatic heterocycles. The van der Waals surface area contributed by atoms with E-state index in [1.54, 1.807) is 0 Å². The van der Waals surface area contributed by atoms with Gasteiger partial charge < -0.3 is 4.55 Å². The summed E-state index contributed by atoms with van der Waals surface area (Å²) < 4.78 is 8.60. The molecule has 3 heteroatoms. The zero-order valence-corrected chi connectivity index (χ0v) is 4.67. The third-order valence-corrected chi connectivity index (χ3v) is 0. The summed E-state index contributed by atoms with van der Waals surface area (Å²) in [5.41, 5.74) is 0. The molecule has 0 radical (unpaired) electrons. The van der Waals surface area contributed by atoms with Crippen molar-refractivity contribution >= 4 is 39.9 Å². The molecule has 0 bridgehead atoms. The van der Waals surface area contributed by atoms with Crippen LogP contribution in [0.1, 0.15) is 0 Å². The van der Waals surface area contributed by atoms with Crippen molar-refractivity contribution in [3.63, 3.8) is 0 Å². The second-order valence-corrected chi connectivity index (χ2v) is 5.32. The molecule has 0 spiro atoms. The normalized spacial score (nSPS) is 12.7. The van der Waals surface area contributed by atoms with Crippen molar-refractivity contribution in [2.24, 2.45) is 0 Å². The van der Waals surface area contributed by atoms with Gasteiger partial charge in [-0.1, -0.05) is 0 Å². The average Bonchev–Trinajstić information content (AvgIpc) is 0.722. The standard InChI is InChI=1S/C3H10OS.Na.H/c1-5(2,3)4;;/h4H,1-3H3;;. The van der Waals surface area contributed by atoms with Crippen LogP contribution in [0.25, 0.3) is 0 Å². The molecule has 0 aliphatic rings. The van der Waals surface area contributed by atoms with Crippen LogP contribution in [0.2, 0.25) is 0 Å². The van der Waals surface area contributed by atoms with Crippen LogP contribution in [0, 0.1) is 0 Å². The van der Waals surface area contributed by atoms with Crippen molar-refractivity contribution in [3.05, 3.63) is 0 Å². The molecule has 0 atom stereocenters. The fourth-order valence-corrected chi connectivity index (χ4v) is 0. The van der Waals surface area contributed by atoms with Crippen LogP contribution in [-0.2, 0) is 0 Å². The summed E-state index contributed by atoms with van der Waals surface area (Å²) in [6.07, 6.45) is 5.48. The van der Waals surface area contributed by atoms with E-state index in [1.165, 1.54) is 0 Å². The third-order valence-electron chi connectivity index (χ3n) is 0. The van der Waals surface area contributed by atoms with Crippen molar-refractivity contribution < 1.29 is 4.55 Å². The fraction of sp³-hybridized carbons (Fsp3) is 1.00. The molecule has 0 saturated heterocycles. The van der Waals surface area contributed by atoms with Gasteiger partial charge in [0.2, 0.25) is 0 Å². The zero-order valence-electron chi connectivity index (χ0n) is 3.86. The first-order valence-electron chi connectivity index (χ1n) is 1.41. The molecule has 1 nitrogen and oxygen atoms in total. The van der Waals surface area contributed by atoms with Crippen molar-refractivity contribution in [1.29, 1.82) is 0 Å². The Labute approximate surface area is 62.9 Å². The molecule has 6 heavy (non-hydrogen) atoms. The molecule has 0 unspecified atom stereocenters. The Bertz CT molecular complexity index is 26.3. The number of hydrogen-bond donors (Lipinski definition) is 1. The summed E-state index contributed by atoms with van der Waals surface area (Å²) in [4.78, 5) is 0. The Balaban J connectivity index is 0. The van der Waals surface area contributed by atoms with Gasteiger partial charge in [-0.3, -0.25) is 0 Å². The van der Waals surface area contributed by atoms with Crippen LogP contribution in [0.4, 0.5) is 0 Å². The van der Waals surface area contributed by atoms with Gasteiger partial charge in [0.1, 0.15) is 0 Å². The van der Waals surface area contributed by atoms with Gasteiger partial charge in [0.25, 0.3) is 0 Å². The van der Waals surface area contributed by atoms with E-state index in [2.05, 4.69) is 0 Å². The van der Waals surface area contributed by atoms with E-state index in [-0.39, 0.29) is 29.6 Å². The zero-order chi connectivity index (χ0) is 4.50. The van der Waals surface area contributed by atoms with E-state index < -0.39 is 10.3 Å². The van der Waals surface area contributed by atoms with Crippen molar-refractivity contribution in [2.45, 2.75) is 0 Å². The van der Waals surface area contributed by atoms with E-state index >= 15 is 0 Å². The quantitative estimate of drug-likeness (QED) is 0.459. The van der Waals surface area contributed by atoms with E-state index in [0.717, 1.165) is 0 Å². The molecule has 0 fully saturated rings. The molecule has 0 saturated carbocycles. The minimum atomic E-state index is -1.17. The second kappa shape index (κ2) is 3.33. The summed E-state index contributed by atoms with van der Waals surface area (Å²) >= 11 is 0. The monoisotopic (exact) mass is 118 g/mol. The molecule has 0 aromatic rings. The number of rotatable bonds is 0. The van der Waals surface area contributed by atoms with Gasteiger partial charge in [-0.2, -0.15) is 0 Å². The summed E-state index contributed by atoms with van der Waals surface area (Å²) in [6.45, 7) is 0. The Morgan fingerprint density at radius 1 is 1.17 bits per heavy atom. The van der Waals surface area contributed by atoms with Crippen molar-refractivity contribution in [2.75, 3.05) is 18.8 Å². The van der Waals surface area contributed by atoms with E-state index in [0.29, 0.717) is 0 Å². The predicted molar refractivity (Wildman–Crippen MR) is 35.1 cm³/mol. The van der Waals surface area contributed by atoms with Gasteiger partial charge in [0.15, 0.2) is 0 Å². The molecular formula is C3H11NaOS. The molecule has 0 heterocycles. The Kier molecular flexibility index (Phi) is 5.73. The second-order valence-electron chi connectivity index (χ2n) is 1.77. The van der Waals surface area contributed by atoms with Crippen LogP contribution in [0.5, 0.6) is 0 Å². The fourth-order valence-electron chi connectivity index (χ4n) is 0. The average molecular weight is 118 g/mol. The van der Waals surface area contributed by atoms with E-state index in [4.69, 9.17) is 4.55 Å². The summed E-state index contributed by atoms with van der Waals surface area (Å²) in [7, 11) is -1.17. The first kappa shape index (κ1) is 10.3. The van der Waals surface area contributed by atoms with Gasteiger partial charge in [-0.25, -0.2) is 0 Å². The molecule has 0 aliphatic carbocycles. The molecule has 0 aromatic heterocycles. The van der Waals surface area contributed by atoms with Crippen molar-refractivity contribution in [3.8, 4) is 0 Å². The van der Waals surface area contributed by atoms with Gasteiger partial charge in [0, 0.05) is 0 Å². The summed E-state index contributed by atoms with van der Waals surface area (Å²) in [6, 6.07) is 0. The van der Waals surface area contributed by atoms with Crippen LogP contribution >= 0.6 is 10.3 Å². The van der Waals surface area contributed by atoms with Crippen molar-refractivity contribution in [1.82, 2.24) is 0 Å². The van der Waals surface area contributed by atoms with Crippen LogP contribution in [-0.4, -0.2) is 52.9 Å². The first-order chi connectivity index (χ1) is 2.00. The first-order valence-corrected chi connectivity index (χ1v) is 4.22. The minimum absolute atomic E-state index is 0. The van der Waals surface area contributed by atoms with E-state index in [1.807, 2.05) is 18.8 Å². The summed E-state index contributed by atoms with van der Waals surface area (Å²) in [5.74, 6) is 0. The molecular weight excluding hydrogens is 107 g/mol. The Morgan fingerprint density at radius 3 is 1.17 bits per heavy atom. The topological polar surface area (TPSA) is 20.2 Å². The van der Waals surface area contributed by atoms with Gasteiger partial charge in [-0.15, -0.1) is 10.3 Å². The predicted octanol–water partition coefficient (Wildman–Crippen LogP) is 0.505. The van der Waals surface area contributed by atoms with Crippen LogP contribution < -0.4 is 0 Å². The van der Waals surface area contributed by atoms with Gasteiger partial charge >= 0.3 is 29.6 Å². The van der Waals surface area contributed by atoms with Gasteiger partial charge in [-0.05, 0) is 18.8 Å². The molecule has 0 amide bonds. The van der Waals surface area contributed by atoms with Crippen LogP contribution in [0.15, 0.2) is 0 Å². The molecule has 36 valence electrons. The maximum atomic E-state index is 8.60. The molecule has 1 N–H and O–H groups in total. The Hall–Kier alpha value is 1.31. The van der Waals surface area contributed by atoms with Crippen LogP contribution in [0.3, 0.4) is 0 Å². The van der Waals surface area contributed by atoms with Gasteiger partial charge in [0.05, 0.1) is 0 Å². The van der Waals surface area contributed by atoms with E-state index in [9.17, 15) is 0 Å². The molecule has 0 rings (SSSR count). The SMILES string of the molecule is CS(C)(C)O.[NaH].